The highest BCUT2D eigenvalue weighted by Gasteiger charge is 2.28. The molecule has 0 aromatic heterocycles. The predicted molar refractivity (Wildman–Crippen MR) is 75.8 cm³/mol. The molecule has 1 saturated heterocycles. The lowest BCUT2D eigenvalue weighted by Gasteiger charge is -2.32. The number of aliphatic hydroxyl groups is 1. The minimum atomic E-state index is 0.350. The highest BCUT2D eigenvalue weighted by atomic mass is 16.2. The number of rotatable bonds is 8. The smallest absolute Gasteiger partial charge is 0.0431 e. The molecule has 2 fully saturated rings. The Labute approximate surface area is 112 Å². The van der Waals surface area contributed by atoms with Gasteiger partial charge in [0.1, 0.15) is 0 Å². The summed E-state index contributed by atoms with van der Waals surface area (Å²) in [6, 6.07) is 0.868. The van der Waals surface area contributed by atoms with Crippen molar-refractivity contribution in [2.24, 2.45) is 5.92 Å². The summed E-state index contributed by atoms with van der Waals surface area (Å²) in [5.41, 5.74) is 0. The maximum absolute atomic E-state index is 8.87. The molecular formula is C15H30N2O. The molecule has 3 heteroatoms. The van der Waals surface area contributed by atoms with Crippen LogP contribution in [0, 0.1) is 5.92 Å². The van der Waals surface area contributed by atoms with Gasteiger partial charge in [-0.2, -0.15) is 0 Å². The number of likely N-dealkylation sites (tertiary alicyclic amines) is 1. The van der Waals surface area contributed by atoms with Crippen LogP contribution in [-0.4, -0.2) is 60.3 Å². The lowest BCUT2D eigenvalue weighted by Crippen LogP contribution is -2.40. The molecule has 1 aliphatic carbocycles. The first kappa shape index (κ1) is 14.3. The molecule has 0 amide bonds. The van der Waals surface area contributed by atoms with E-state index < -0.39 is 0 Å². The highest BCUT2D eigenvalue weighted by Crippen LogP contribution is 2.27. The molecule has 0 aromatic rings. The van der Waals surface area contributed by atoms with E-state index in [0.717, 1.165) is 24.8 Å². The van der Waals surface area contributed by atoms with E-state index in [4.69, 9.17) is 5.11 Å². The van der Waals surface area contributed by atoms with Gasteiger partial charge in [-0.25, -0.2) is 0 Å². The van der Waals surface area contributed by atoms with Crippen molar-refractivity contribution < 1.29 is 5.11 Å². The van der Waals surface area contributed by atoms with Gasteiger partial charge in [0.25, 0.3) is 0 Å². The number of hydrogen-bond acceptors (Lipinski definition) is 3. The van der Waals surface area contributed by atoms with Crippen molar-refractivity contribution >= 4 is 0 Å². The summed E-state index contributed by atoms with van der Waals surface area (Å²) in [6.45, 7) is 9.01. The topological polar surface area (TPSA) is 26.7 Å². The van der Waals surface area contributed by atoms with Gasteiger partial charge in [-0.1, -0.05) is 6.92 Å². The first-order valence-corrected chi connectivity index (χ1v) is 7.87. The summed E-state index contributed by atoms with van der Waals surface area (Å²) >= 11 is 0. The fraction of sp³-hybridized carbons (Fsp3) is 1.00. The number of nitrogens with zero attached hydrogens (tertiary/aromatic N) is 2. The van der Waals surface area contributed by atoms with E-state index >= 15 is 0 Å². The Hall–Kier alpha value is -0.120. The van der Waals surface area contributed by atoms with Gasteiger partial charge in [-0.15, -0.1) is 0 Å². The van der Waals surface area contributed by atoms with Gasteiger partial charge in [-0.3, -0.25) is 4.90 Å². The molecule has 2 rings (SSSR count). The fourth-order valence-electron chi connectivity index (χ4n) is 2.90. The first-order valence-electron chi connectivity index (χ1n) is 7.87. The van der Waals surface area contributed by atoms with E-state index in [2.05, 4.69) is 16.7 Å². The largest absolute Gasteiger partial charge is 0.396 e. The van der Waals surface area contributed by atoms with E-state index in [1.165, 1.54) is 58.4 Å². The summed E-state index contributed by atoms with van der Waals surface area (Å²) in [5, 5.41) is 8.87. The fourth-order valence-corrected chi connectivity index (χ4v) is 2.90. The minimum Gasteiger partial charge on any atom is -0.396 e. The number of unbranched alkanes of at least 4 members (excludes halogenated alkanes) is 1. The zero-order valence-electron chi connectivity index (χ0n) is 12.0. The van der Waals surface area contributed by atoms with Crippen molar-refractivity contribution in [3.8, 4) is 0 Å². The number of piperidine rings is 1. The summed E-state index contributed by atoms with van der Waals surface area (Å²) in [7, 11) is 0. The van der Waals surface area contributed by atoms with Crippen LogP contribution in [0.2, 0.25) is 0 Å². The van der Waals surface area contributed by atoms with Gasteiger partial charge < -0.3 is 10.0 Å². The van der Waals surface area contributed by atoms with Gasteiger partial charge in [-0.05, 0) is 64.1 Å². The summed E-state index contributed by atoms with van der Waals surface area (Å²) in [5.74, 6) is 0.935. The van der Waals surface area contributed by atoms with Crippen molar-refractivity contribution in [3.63, 3.8) is 0 Å². The second-order valence-corrected chi connectivity index (χ2v) is 6.22. The van der Waals surface area contributed by atoms with Crippen molar-refractivity contribution in [1.82, 2.24) is 9.80 Å². The Kier molecular flexibility index (Phi) is 5.93. The molecule has 106 valence electrons. The Balaban J connectivity index is 1.62. The van der Waals surface area contributed by atoms with Crippen LogP contribution in [0.4, 0.5) is 0 Å². The van der Waals surface area contributed by atoms with Crippen LogP contribution in [0.5, 0.6) is 0 Å². The van der Waals surface area contributed by atoms with Crippen molar-refractivity contribution in [2.75, 3.05) is 39.3 Å². The maximum atomic E-state index is 8.87. The van der Waals surface area contributed by atoms with Crippen molar-refractivity contribution in [1.29, 1.82) is 0 Å². The zero-order chi connectivity index (χ0) is 12.8. The van der Waals surface area contributed by atoms with Gasteiger partial charge in [0.05, 0.1) is 0 Å². The second-order valence-electron chi connectivity index (χ2n) is 6.22. The average Bonchev–Trinajstić information content (AvgIpc) is 3.20. The van der Waals surface area contributed by atoms with E-state index in [9.17, 15) is 0 Å². The lowest BCUT2D eigenvalue weighted by atomic mass is 9.99. The first-order chi connectivity index (χ1) is 8.79. The third kappa shape index (κ3) is 4.87. The quantitative estimate of drug-likeness (QED) is 0.671. The molecule has 1 saturated carbocycles. The Bertz CT molecular complexity index is 223. The second kappa shape index (κ2) is 7.46. The van der Waals surface area contributed by atoms with Crippen LogP contribution in [0.25, 0.3) is 0 Å². The number of aliphatic hydroxyl groups excluding tert-OH is 1. The third-order valence-electron chi connectivity index (χ3n) is 4.50. The molecule has 0 bridgehead atoms. The monoisotopic (exact) mass is 254 g/mol. The average molecular weight is 254 g/mol. The molecular weight excluding hydrogens is 224 g/mol. The summed E-state index contributed by atoms with van der Waals surface area (Å²) < 4.78 is 0. The Morgan fingerprint density at radius 2 is 1.78 bits per heavy atom. The molecule has 1 heterocycles. The van der Waals surface area contributed by atoms with E-state index in [0.29, 0.717) is 6.61 Å². The summed E-state index contributed by atoms with van der Waals surface area (Å²) in [4.78, 5) is 5.30. The molecule has 0 aromatic carbocycles. The standard InChI is InChI=1S/C15H30N2O/c1-14-6-9-16(10-7-14)11-12-17(15-4-5-15)8-2-3-13-18/h14-15,18H,2-13H2,1H3. The Morgan fingerprint density at radius 3 is 2.39 bits per heavy atom. The molecule has 1 N–H and O–H groups in total. The van der Waals surface area contributed by atoms with E-state index in [1.54, 1.807) is 0 Å². The van der Waals surface area contributed by atoms with Crippen LogP contribution in [0.15, 0.2) is 0 Å². The van der Waals surface area contributed by atoms with Crippen LogP contribution in [-0.2, 0) is 0 Å². The molecule has 2 aliphatic rings. The van der Waals surface area contributed by atoms with Gasteiger partial charge in [0, 0.05) is 25.7 Å². The molecule has 0 spiro atoms. The minimum absolute atomic E-state index is 0.350. The van der Waals surface area contributed by atoms with Crippen LogP contribution in [0.3, 0.4) is 0 Å². The molecule has 1 aliphatic heterocycles. The Morgan fingerprint density at radius 1 is 1.06 bits per heavy atom. The maximum Gasteiger partial charge on any atom is 0.0431 e. The lowest BCUT2D eigenvalue weighted by molar-refractivity contribution is 0.154. The van der Waals surface area contributed by atoms with Crippen molar-refractivity contribution in [3.05, 3.63) is 0 Å². The van der Waals surface area contributed by atoms with Gasteiger partial charge >= 0.3 is 0 Å². The van der Waals surface area contributed by atoms with Crippen LogP contribution >= 0.6 is 0 Å². The van der Waals surface area contributed by atoms with Gasteiger partial charge in [0.15, 0.2) is 0 Å². The SMILES string of the molecule is CC1CCN(CCN(CCCCO)C2CC2)CC1. The van der Waals surface area contributed by atoms with Crippen LogP contribution in [0.1, 0.15) is 45.4 Å². The molecule has 0 radical (unpaired) electrons. The number of hydrogen-bond donors (Lipinski definition) is 1. The highest BCUT2D eigenvalue weighted by molar-refractivity contribution is 4.85. The van der Waals surface area contributed by atoms with Gasteiger partial charge in [0.2, 0.25) is 0 Å². The van der Waals surface area contributed by atoms with E-state index in [-0.39, 0.29) is 0 Å². The zero-order valence-corrected chi connectivity index (χ0v) is 12.0. The molecule has 0 unspecified atom stereocenters. The molecule has 18 heavy (non-hydrogen) atoms. The third-order valence-corrected chi connectivity index (χ3v) is 4.50. The predicted octanol–water partition coefficient (Wildman–Crippen LogP) is 1.96. The normalized spacial score (nSPS) is 22.8. The molecule has 0 atom stereocenters. The molecule has 3 nitrogen and oxygen atoms in total. The summed E-state index contributed by atoms with van der Waals surface area (Å²) in [6.07, 6.45) is 7.68. The van der Waals surface area contributed by atoms with Crippen LogP contribution < -0.4 is 0 Å². The van der Waals surface area contributed by atoms with Crippen molar-refractivity contribution in [2.45, 2.75) is 51.5 Å². The van der Waals surface area contributed by atoms with E-state index in [1.807, 2.05) is 0 Å².